The summed E-state index contributed by atoms with van der Waals surface area (Å²) in [4.78, 5) is 0. The average Bonchev–Trinajstić information content (AvgIpc) is 3.39. The van der Waals surface area contributed by atoms with E-state index in [-0.39, 0.29) is 5.82 Å². The normalized spacial score (nSPS) is 11.5. The zero-order valence-corrected chi connectivity index (χ0v) is 18.4. The van der Waals surface area contributed by atoms with Gasteiger partial charge >= 0.3 is 0 Å². The summed E-state index contributed by atoms with van der Waals surface area (Å²) in [5, 5.41) is 1.90. The van der Waals surface area contributed by atoms with E-state index in [1.54, 1.807) is 6.07 Å². The minimum Gasteiger partial charge on any atom is -0.455 e. The Kier molecular flexibility index (Phi) is 4.40. The summed E-state index contributed by atoms with van der Waals surface area (Å²) in [6, 6.07) is 27.7. The molecule has 2 aromatic heterocycles. The van der Waals surface area contributed by atoms with E-state index in [0.29, 0.717) is 5.58 Å². The quantitative estimate of drug-likeness (QED) is 0.276. The molecule has 0 aliphatic carbocycles. The standard InChI is InChI=1S/C29H22FN2O/c1-19-12-14-24-23-15-13-21(30)18-26(23)33-28(24)27(19)29-31(2)16-17-32(29)25-11-7-6-10-22(25)20-8-4-3-5-9-20/h3-18H,1-2H3/q+1. The summed E-state index contributed by atoms with van der Waals surface area (Å²) in [7, 11) is 2.04. The highest BCUT2D eigenvalue weighted by atomic mass is 19.1. The van der Waals surface area contributed by atoms with Crippen LogP contribution in [-0.2, 0) is 7.05 Å². The molecule has 6 rings (SSSR count). The Morgan fingerprint density at radius 1 is 0.848 bits per heavy atom. The van der Waals surface area contributed by atoms with E-state index in [9.17, 15) is 4.39 Å². The maximum Gasteiger partial charge on any atom is 0.297 e. The molecule has 0 atom stereocenters. The third-order valence-corrected chi connectivity index (χ3v) is 6.29. The van der Waals surface area contributed by atoms with Gasteiger partial charge in [-0.2, -0.15) is 4.57 Å². The molecule has 0 bridgehead atoms. The van der Waals surface area contributed by atoms with E-state index in [2.05, 4.69) is 89.1 Å². The molecule has 0 fully saturated rings. The van der Waals surface area contributed by atoms with Crippen LogP contribution in [0.1, 0.15) is 5.56 Å². The summed E-state index contributed by atoms with van der Waals surface area (Å²) in [6.07, 6.45) is 4.13. The first-order chi connectivity index (χ1) is 16.1. The number of imidazole rings is 1. The molecule has 6 aromatic rings. The number of hydrogen-bond acceptors (Lipinski definition) is 1. The zero-order chi connectivity index (χ0) is 22.5. The van der Waals surface area contributed by atoms with Gasteiger partial charge in [-0.15, -0.1) is 0 Å². The highest BCUT2D eigenvalue weighted by Crippen LogP contribution is 2.38. The first-order valence-corrected chi connectivity index (χ1v) is 11.0. The van der Waals surface area contributed by atoms with Crippen LogP contribution in [0.15, 0.2) is 102 Å². The first-order valence-electron chi connectivity index (χ1n) is 11.0. The molecule has 0 saturated heterocycles. The molecule has 4 heteroatoms. The van der Waals surface area contributed by atoms with Crippen LogP contribution in [0, 0.1) is 12.7 Å². The van der Waals surface area contributed by atoms with E-state index < -0.39 is 0 Å². The summed E-state index contributed by atoms with van der Waals surface area (Å²) in [5.74, 6) is 0.701. The molecule has 2 heterocycles. The third kappa shape index (κ3) is 3.06. The van der Waals surface area contributed by atoms with Crippen molar-refractivity contribution in [1.82, 2.24) is 4.57 Å². The Bertz CT molecular complexity index is 1640. The van der Waals surface area contributed by atoms with Crippen LogP contribution in [0.2, 0.25) is 0 Å². The summed E-state index contributed by atoms with van der Waals surface area (Å²) < 4.78 is 24.5. The fraction of sp³-hybridized carbons (Fsp3) is 0.0690. The number of aromatic nitrogens is 2. The molecule has 0 radical (unpaired) electrons. The lowest BCUT2D eigenvalue weighted by atomic mass is 10.0. The van der Waals surface area contributed by atoms with E-state index in [0.717, 1.165) is 50.1 Å². The molecule has 0 N–H and O–H groups in total. The molecule has 160 valence electrons. The number of halogens is 1. The van der Waals surface area contributed by atoms with Crippen molar-refractivity contribution >= 4 is 21.9 Å². The number of rotatable bonds is 3. The van der Waals surface area contributed by atoms with Crippen molar-refractivity contribution in [1.29, 1.82) is 0 Å². The van der Waals surface area contributed by atoms with Gasteiger partial charge in [0.1, 0.15) is 35.0 Å². The first kappa shape index (κ1) is 19.5. The van der Waals surface area contributed by atoms with Gasteiger partial charge in [-0.1, -0.05) is 60.7 Å². The van der Waals surface area contributed by atoms with Gasteiger partial charge in [-0.25, -0.2) is 8.96 Å². The average molecular weight is 434 g/mol. The van der Waals surface area contributed by atoms with Gasteiger partial charge in [0.15, 0.2) is 5.58 Å². The van der Waals surface area contributed by atoms with Gasteiger partial charge in [-0.05, 0) is 36.2 Å². The van der Waals surface area contributed by atoms with E-state index >= 15 is 0 Å². The predicted octanol–water partition coefficient (Wildman–Crippen LogP) is 6.98. The van der Waals surface area contributed by atoms with Crippen molar-refractivity contribution in [3.63, 3.8) is 0 Å². The molecule has 33 heavy (non-hydrogen) atoms. The molecule has 0 aliphatic heterocycles. The van der Waals surface area contributed by atoms with Crippen molar-refractivity contribution in [2.45, 2.75) is 6.92 Å². The molecule has 0 unspecified atom stereocenters. The summed E-state index contributed by atoms with van der Waals surface area (Å²) >= 11 is 0. The van der Waals surface area contributed by atoms with Gasteiger partial charge in [0.05, 0.1) is 7.05 Å². The number of hydrogen-bond donors (Lipinski definition) is 0. The van der Waals surface area contributed by atoms with Crippen molar-refractivity contribution in [2.75, 3.05) is 0 Å². The van der Waals surface area contributed by atoms with Crippen molar-refractivity contribution in [2.24, 2.45) is 7.05 Å². The Hall–Kier alpha value is -4.18. The second-order valence-corrected chi connectivity index (χ2v) is 8.36. The molecule has 0 aliphatic rings. The van der Waals surface area contributed by atoms with Crippen LogP contribution in [0.3, 0.4) is 0 Å². The number of aryl methyl sites for hydroxylation is 2. The maximum absolute atomic E-state index is 13.9. The molecular formula is C29H22FN2O+. The lowest BCUT2D eigenvalue weighted by Crippen LogP contribution is -2.29. The van der Waals surface area contributed by atoms with Crippen LogP contribution in [-0.4, -0.2) is 4.57 Å². The largest absolute Gasteiger partial charge is 0.455 e. The highest BCUT2D eigenvalue weighted by molar-refractivity contribution is 6.09. The minimum atomic E-state index is -0.300. The van der Waals surface area contributed by atoms with Crippen LogP contribution >= 0.6 is 0 Å². The van der Waals surface area contributed by atoms with Crippen molar-refractivity contribution in [3.8, 4) is 28.2 Å². The van der Waals surface area contributed by atoms with Gasteiger partial charge in [0, 0.05) is 22.4 Å². The lowest BCUT2D eigenvalue weighted by molar-refractivity contribution is -0.659. The smallest absolute Gasteiger partial charge is 0.297 e. The number of nitrogens with zero attached hydrogens (tertiary/aromatic N) is 2. The Labute approximate surface area is 191 Å². The van der Waals surface area contributed by atoms with Gasteiger partial charge < -0.3 is 4.42 Å². The van der Waals surface area contributed by atoms with E-state index in [4.69, 9.17) is 4.42 Å². The van der Waals surface area contributed by atoms with Gasteiger partial charge in [-0.3, -0.25) is 0 Å². The molecule has 0 spiro atoms. The van der Waals surface area contributed by atoms with Crippen LogP contribution < -0.4 is 4.57 Å². The number of furan rings is 1. The van der Waals surface area contributed by atoms with E-state index in [1.165, 1.54) is 12.1 Å². The fourth-order valence-electron chi connectivity index (χ4n) is 4.70. The Morgan fingerprint density at radius 2 is 1.61 bits per heavy atom. The lowest BCUT2D eigenvalue weighted by Gasteiger charge is -2.10. The third-order valence-electron chi connectivity index (χ3n) is 6.29. The number of para-hydroxylation sites is 1. The molecule has 3 nitrogen and oxygen atoms in total. The van der Waals surface area contributed by atoms with Gasteiger partial charge in [0.2, 0.25) is 0 Å². The topological polar surface area (TPSA) is 21.9 Å². The van der Waals surface area contributed by atoms with E-state index in [1.807, 2.05) is 13.1 Å². The molecule has 0 saturated carbocycles. The second-order valence-electron chi connectivity index (χ2n) is 8.36. The van der Waals surface area contributed by atoms with Crippen molar-refractivity contribution < 1.29 is 13.4 Å². The van der Waals surface area contributed by atoms with Crippen molar-refractivity contribution in [3.05, 3.63) is 109 Å². The number of fused-ring (bicyclic) bond motifs is 3. The predicted molar refractivity (Wildman–Crippen MR) is 130 cm³/mol. The molecular weight excluding hydrogens is 411 g/mol. The summed E-state index contributed by atoms with van der Waals surface area (Å²) in [6.45, 7) is 2.09. The second kappa shape index (κ2) is 7.45. The highest BCUT2D eigenvalue weighted by Gasteiger charge is 2.27. The van der Waals surface area contributed by atoms with Crippen LogP contribution in [0.5, 0.6) is 0 Å². The van der Waals surface area contributed by atoms with Crippen LogP contribution in [0.4, 0.5) is 4.39 Å². The van der Waals surface area contributed by atoms with Gasteiger partial charge in [0.25, 0.3) is 5.82 Å². The number of benzene rings is 4. The fourth-order valence-corrected chi connectivity index (χ4v) is 4.70. The molecule has 0 amide bonds. The Morgan fingerprint density at radius 3 is 2.45 bits per heavy atom. The molecule has 4 aromatic carbocycles. The summed E-state index contributed by atoms with van der Waals surface area (Å²) in [5.41, 5.74) is 6.80. The zero-order valence-electron chi connectivity index (χ0n) is 18.4. The van der Waals surface area contributed by atoms with Crippen LogP contribution in [0.25, 0.3) is 50.1 Å². The monoisotopic (exact) mass is 433 g/mol. The maximum atomic E-state index is 13.9. The minimum absolute atomic E-state index is 0.300. The Balaban J connectivity index is 1.66. The SMILES string of the molecule is Cc1ccc2c(oc3cc(F)ccc32)c1-c1n(-c2ccccc2-c2ccccc2)cc[n+]1C.